The Labute approximate surface area is 344 Å². The van der Waals surface area contributed by atoms with Crippen LogP contribution in [0.4, 0.5) is 0 Å². The number of fused-ring (bicyclic) bond motifs is 12. The standard InChI is InChI=1S/C54H35N5O/c1-54(2)42-24-9-3-16-32(42)40-30-41-35-19-6-10-25-44(35)58(48(41)31-43(40)54)47-28-13-7-21-38(47)51-55-52(39-23-15-22-37-36-20-8-14-29-49(36)60-50(37)39)57-53(56-51)59-45-26-11-4-17-33(45)34-18-5-12-27-46(34)59/h3-31H,1-2H3. The van der Waals surface area contributed by atoms with Crippen LogP contribution in [-0.4, -0.2) is 24.1 Å². The van der Waals surface area contributed by atoms with Crippen LogP contribution >= 0.6 is 0 Å². The topological polar surface area (TPSA) is 61.7 Å². The molecule has 0 atom stereocenters. The van der Waals surface area contributed by atoms with Crippen molar-refractivity contribution >= 4 is 65.6 Å². The maximum atomic E-state index is 6.60. The van der Waals surface area contributed by atoms with Crippen LogP contribution < -0.4 is 0 Å². The lowest BCUT2D eigenvalue weighted by Crippen LogP contribution is -2.15. The minimum atomic E-state index is -0.154. The van der Waals surface area contributed by atoms with Crippen molar-refractivity contribution in [2.24, 2.45) is 0 Å². The molecule has 6 heteroatoms. The Kier molecular flexibility index (Phi) is 6.69. The zero-order valence-corrected chi connectivity index (χ0v) is 32.9. The van der Waals surface area contributed by atoms with Gasteiger partial charge in [0.25, 0.3) is 0 Å². The number of nitrogens with zero attached hydrogens (tertiary/aromatic N) is 5. The highest BCUT2D eigenvalue weighted by Gasteiger charge is 2.36. The first-order chi connectivity index (χ1) is 29.5. The molecule has 0 saturated carbocycles. The number of aromatic nitrogens is 5. The van der Waals surface area contributed by atoms with Crippen LogP contribution in [-0.2, 0) is 5.41 Å². The van der Waals surface area contributed by atoms with Crippen LogP contribution in [0.5, 0.6) is 0 Å². The van der Waals surface area contributed by atoms with Gasteiger partial charge in [0.05, 0.1) is 33.3 Å². The Balaban J connectivity index is 1.11. The molecule has 13 rings (SSSR count). The summed E-state index contributed by atoms with van der Waals surface area (Å²) in [5.41, 5.74) is 13.7. The molecule has 0 bridgehead atoms. The predicted octanol–water partition coefficient (Wildman–Crippen LogP) is 13.6. The van der Waals surface area contributed by atoms with Gasteiger partial charge in [0, 0.05) is 43.3 Å². The number of benzene rings is 8. The summed E-state index contributed by atoms with van der Waals surface area (Å²) in [4.78, 5) is 16.2. The summed E-state index contributed by atoms with van der Waals surface area (Å²) >= 11 is 0. The van der Waals surface area contributed by atoms with Crippen LogP contribution in [0, 0.1) is 0 Å². The van der Waals surface area contributed by atoms with Crippen molar-refractivity contribution in [2.45, 2.75) is 19.3 Å². The van der Waals surface area contributed by atoms with Gasteiger partial charge in [-0.1, -0.05) is 135 Å². The number of furan rings is 1. The van der Waals surface area contributed by atoms with Gasteiger partial charge in [-0.05, 0) is 76.9 Å². The van der Waals surface area contributed by atoms with Gasteiger partial charge >= 0.3 is 0 Å². The Morgan fingerprint density at radius 2 is 0.950 bits per heavy atom. The van der Waals surface area contributed by atoms with Crippen molar-refractivity contribution < 1.29 is 4.42 Å². The molecule has 0 amide bonds. The average Bonchev–Trinajstić information content (AvgIpc) is 4.01. The third-order valence-corrected chi connectivity index (χ3v) is 12.8. The molecule has 6 nitrogen and oxygen atoms in total. The van der Waals surface area contributed by atoms with E-state index in [1.165, 1.54) is 33.0 Å². The van der Waals surface area contributed by atoms with E-state index in [1.54, 1.807) is 0 Å². The van der Waals surface area contributed by atoms with Gasteiger partial charge < -0.3 is 8.98 Å². The van der Waals surface area contributed by atoms with Crippen molar-refractivity contribution in [2.75, 3.05) is 0 Å². The molecule has 0 aliphatic heterocycles. The molecular weight excluding hydrogens is 735 g/mol. The first-order valence-electron chi connectivity index (χ1n) is 20.5. The van der Waals surface area contributed by atoms with E-state index in [0.717, 1.165) is 71.6 Å². The lowest BCUT2D eigenvalue weighted by atomic mass is 9.82. The normalized spacial score (nSPS) is 13.3. The molecule has 4 heterocycles. The van der Waals surface area contributed by atoms with Crippen molar-refractivity contribution in [1.82, 2.24) is 24.1 Å². The highest BCUT2D eigenvalue weighted by atomic mass is 16.3. The maximum absolute atomic E-state index is 6.60. The SMILES string of the molecule is CC1(C)c2ccccc2-c2cc3c4ccccc4n(-c4ccccc4-c4nc(-c5cccc6c5oc5ccccc56)nc(-n5c6ccccc6c6ccccc65)n4)c3cc21. The largest absolute Gasteiger partial charge is 0.455 e. The van der Waals surface area contributed by atoms with Crippen molar-refractivity contribution in [3.8, 4) is 45.5 Å². The number of hydrogen-bond acceptors (Lipinski definition) is 4. The fourth-order valence-electron chi connectivity index (χ4n) is 10.0. The second kappa shape index (κ2) is 12.1. The van der Waals surface area contributed by atoms with E-state index < -0.39 is 0 Å². The molecule has 12 aromatic rings. The molecule has 0 saturated heterocycles. The minimum Gasteiger partial charge on any atom is -0.455 e. The molecule has 0 unspecified atom stereocenters. The molecule has 0 radical (unpaired) electrons. The lowest BCUT2D eigenvalue weighted by Gasteiger charge is -2.22. The van der Waals surface area contributed by atoms with Crippen LogP contribution in [0.1, 0.15) is 25.0 Å². The highest BCUT2D eigenvalue weighted by Crippen LogP contribution is 2.51. The van der Waals surface area contributed by atoms with Gasteiger partial charge in [-0.3, -0.25) is 4.57 Å². The molecule has 1 aliphatic rings. The summed E-state index contributed by atoms with van der Waals surface area (Å²) in [6.45, 7) is 4.69. The van der Waals surface area contributed by atoms with Crippen molar-refractivity contribution in [1.29, 1.82) is 0 Å². The summed E-state index contributed by atoms with van der Waals surface area (Å²) in [6, 6.07) is 62.3. The van der Waals surface area contributed by atoms with E-state index in [-0.39, 0.29) is 5.41 Å². The number of rotatable bonds is 4. The third kappa shape index (κ3) is 4.50. The van der Waals surface area contributed by atoms with Crippen LogP contribution in [0.15, 0.2) is 180 Å². The van der Waals surface area contributed by atoms with E-state index >= 15 is 0 Å². The van der Waals surface area contributed by atoms with E-state index in [1.807, 2.05) is 18.2 Å². The monoisotopic (exact) mass is 769 g/mol. The lowest BCUT2D eigenvalue weighted by molar-refractivity contribution is 0.661. The van der Waals surface area contributed by atoms with Crippen molar-refractivity contribution in [3.05, 3.63) is 187 Å². The maximum Gasteiger partial charge on any atom is 0.238 e. The molecule has 282 valence electrons. The molecule has 8 aromatic carbocycles. The van der Waals surface area contributed by atoms with E-state index in [9.17, 15) is 0 Å². The fourth-order valence-corrected chi connectivity index (χ4v) is 10.0. The summed E-state index contributed by atoms with van der Waals surface area (Å²) in [5, 5.41) is 6.77. The molecular formula is C54H35N5O. The van der Waals surface area contributed by atoms with Gasteiger partial charge in [-0.25, -0.2) is 4.98 Å². The molecule has 1 aliphatic carbocycles. The number of para-hydroxylation sites is 6. The fraction of sp³-hybridized carbons (Fsp3) is 0.0556. The van der Waals surface area contributed by atoms with Crippen LogP contribution in [0.25, 0.3) is 111 Å². The Hall–Kier alpha value is -7.83. The Bertz CT molecular complexity index is 3720. The number of hydrogen-bond donors (Lipinski definition) is 0. The summed E-state index contributed by atoms with van der Waals surface area (Å²) < 4.78 is 11.2. The van der Waals surface area contributed by atoms with E-state index in [2.05, 4.69) is 181 Å². The predicted molar refractivity (Wildman–Crippen MR) is 244 cm³/mol. The molecule has 0 spiro atoms. The molecule has 0 fully saturated rings. The second-order valence-corrected chi connectivity index (χ2v) is 16.4. The van der Waals surface area contributed by atoms with Crippen LogP contribution in [0.2, 0.25) is 0 Å². The minimum absolute atomic E-state index is 0.154. The van der Waals surface area contributed by atoms with Crippen molar-refractivity contribution in [3.63, 3.8) is 0 Å². The van der Waals surface area contributed by atoms with Gasteiger partial charge in [0.15, 0.2) is 11.6 Å². The Morgan fingerprint density at radius 1 is 0.400 bits per heavy atom. The molecule has 60 heavy (non-hydrogen) atoms. The first-order valence-corrected chi connectivity index (χ1v) is 20.5. The van der Waals surface area contributed by atoms with Crippen LogP contribution in [0.3, 0.4) is 0 Å². The zero-order valence-electron chi connectivity index (χ0n) is 32.9. The van der Waals surface area contributed by atoms with E-state index in [4.69, 9.17) is 19.4 Å². The highest BCUT2D eigenvalue weighted by molar-refractivity contribution is 6.13. The quantitative estimate of drug-likeness (QED) is 0.179. The Morgan fingerprint density at radius 3 is 1.70 bits per heavy atom. The second-order valence-electron chi connectivity index (χ2n) is 16.4. The molecule has 4 aromatic heterocycles. The molecule has 0 N–H and O–H groups in total. The van der Waals surface area contributed by atoms with Gasteiger partial charge in [-0.2, -0.15) is 9.97 Å². The van der Waals surface area contributed by atoms with Gasteiger partial charge in [0.2, 0.25) is 5.95 Å². The summed E-state index contributed by atoms with van der Waals surface area (Å²) in [6.07, 6.45) is 0. The van der Waals surface area contributed by atoms with E-state index in [0.29, 0.717) is 17.6 Å². The average molecular weight is 770 g/mol. The zero-order chi connectivity index (χ0) is 39.7. The van der Waals surface area contributed by atoms with Gasteiger partial charge in [0.1, 0.15) is 11.2 Å². The van der Waals surface area contributed by atoms with Gasteiger partial charge in [-0.15, -0.1) is 0 Å². The first kappa shape index (κ1) is 33.2. The smallest absolute Gasteiger partial charge is 0.238 e. The summed E-state index contributed by atoms with van der Waals surface area (Å²) in [7, 11) is 0. The summed E-state index contributed by atoms with van der Waals surface area (Å²) in [5.74, 6) is 1.64. The third-order valence-electron chi connectivity index (χ3n) is 12.8.